The molecule has 2 nitrogen and oxygen atoms in total. The molecule has 0 N–H and O–H groups in total. The maximum Gasteiger partial charge on any atom is 0.0575 e. The third kappa shape index (κ3) is 3.92. The van der Waals surface area contributed by atoms with Crippen LogP contribution < -0.4 is 9.80 Å². The lowest BCUT2D eigenvalue weighted by atomic mass is 9.60. The minimum atomic E-state index is -0.144. The summed E-state index contributed by atoms with van der Waals surface area (Å²) in [5.41, 5.74) is 20.8. The van der Waals surface area contributed by atoms with Crippen LogP contribution >= 0.6 is 0 Å². The zero-order chi connectivity index (χ0) is 33.1. The summed E-state index contributed by atoms with van der Waals surface area (Å²) >= 11 is 0. The summed E-state index contributed by atoms with van der Waals surface area (Å²) in [6.45, 7) is 18.7. The number of aryl methyl sites for hydroxylation is 2. The van der Waals surface area contributed by atoms with Crippen molar-refractivity contribution in [3.05, 3.63) is 172 Å². The average Bonchev–Trinajstić information content (AvgIpc) is 3.09. The van der Waals surface area contributed by atoms with Crippen molar-refractivity contribution in [2.24, 2.45) is 5.92 Å². The standard InChI is InChI=1S/C46H42N2/c1-28-14-20-33(21-15-28)47(34-22-16-29(2)17-23-34)35-24-18-31(19-25-35)32-26-37-30(3)36-10-8-11-38-42(36)48-43(37)41(27-32)46(6,7)40-13-9-12-39(44(40)48)45(38,4)5/h8-25,27,37H,3,26H2,1-2,4-7H3. The minimum absolute atomic E-state index is 0.0864. The van der Waals surface area contributed by atoms with Crippen molar-refractivity contribution in [3.63, 3.8) is 0 Å². The third-order valence-corrected chi connectivity index (χ3v) is 11.6. The van der Waals surface area contributed by atoms with Gasteiger partial charge in [-0.1, -0.05) is 124 Å². The smallest absolute Gasteiger partial charge is 0.0575 e. The summed E-state index contributed by atoms with van der Waals surface area (Å²) in [7, 11) is 0. The molecule has 236 valence electrons. The molecule has 0 amide bonds. The Balaban J connectivity index is 1.19. The van der Waals surface area contributed by atoms with Gasteiger partial charge in [-0.2, -0.15) is 0 Å². The van der Waals surface area contributed by atoms with Gasteiger partial charge >= 0.3 is 0 Å². The highest BCUT2D eigenvalue weighted by atomic mass is 15.2. The van der Waals surface area contributed by atoms with E-state index < -0.39 is 0 Å². The van der Waals surface area contributed by atoms with Gasteiger partial charge in [0, 0.05) is 45.1 Å². The number of nitrogens with zero attached hydrogens (tertiary/aromatic N) is 2. The largest absolute Gasteiger partial charge is 0.312 e. The first-order chi connectivity index (χ1) is 23.1. The summed E-state index contributed by atoms with van der Waals surface area (Å²) < 4.78 is 0. The molecule has 0 spiro atoms. The van der Waals surface area contributed by atoms with Gasteiger partial charge in [0.15, 0.2) is 0 Å². The van der Waals surface area contributed by atoms with Gasteiger partial charge in [-0.3, -0.25) is 0 Å². The molecule has 0 saturated heterocycles. The van der Waals surface area contributed by atoms with Gasteiger partial charge in [0.05, 0.1) is 11.4 Å². The first kappa shape index (κ1) is 29.1. The average molecular weight is 623 g/mol. The van der Waals surface area contributed by atoms with Crippen LogP contribution in [0.2, 0.25) is 0 Å². The number of benzene rings is 5. The molecule has 0 saturated carbocycles. The molecule has 4 aliphatic rings. The molecule has 2 heteroatoms. The quantitative estimate of drug-likeness (QED) is 0.197. The molecule has 0 radical (unpaired) electrons. The summed E-state index contributed by atoms with van der Waals surface area (Å²) in [5.74, 6) is 0.223. The van der Waals surface area contributed by atoms with Gasteiger partial charge in [0.1, 0.15) is 0 Å². The lowest BCUT2D eigenvalue weighted by Crippen LogP contribution is -2.45. The van der Waals surface area contributed by atoms with Crippen LogP contribution in [0, 0.1) is 19.8 Å². The van der Waals surface area contributed by atoms with E-state index in [1.807, 2.05) is 0 Å². The van der Waals surface area contributed by atoms with Crippen molar-refractivity contribution >= 4 is 39.6 Å². The molecule has 5 aromatic carbocycles. The Bertz CT molecular complexity index is 2180. The topological polar surface area (TPSA) is 6.48 Å². The molecule has 3 heterocycles. The van der Waals surface area contributed by atoms with E-state index in [0.717, 1.165) is 23.5 Å². The Kier molecular flexibility index (Phi) is 6.04. The van der Waals surface area contributed by atoms with Gasteiger partial charge in [-0.05, 0) is 95.6 Å². The van der Waals surface area contributed by atoms with E-state index in [1.165, 1.54) is 72.7 Å². The fraction of sp³-hybridized carbons (Fsp3) is 0.217. The van der Waals surface area contributed by atoms with Crippen molar-refractivity contribution < 1.29 is 0 Å². The maximum atomic E-state index is 4.83. The number of allylic oxidation sites excluding steroid dienone is 4. The maximum absolute atomic E-state index is 4.83. The van der Waals surface area contributed by atoms with E-state index in [2.05, 4.69) is 167 Å². The fourth-order valence-corrected chi connectivity index (χ4v) is 8.91. The highest BCUT2D eigenvalue weighted by Crippen LogP contribution is 2.65. The van der Waals surface area contributed by atoms with Gasteiger partial charge in [-0.25, -0.2) is 0 Å². The number of hydrogen-bond acceptors (Lipinski definition) is 2. The second-order valence-electron chi connectivity index (χ2n) is 15.3. The SMILES string of the molecule is C=C1c2cccc3c2N2C4=C(C=C(c5ccc(N(c6ccc(C)cc6)c6ccc(C)cc6)cc5)CC14)C(C)(C)c1cccc(c12)C3(C)C. The molecule has 48 heavy (non-hydrogen) atoms. The number of hydrogen-bond donors (Lipinski definition) is 0. The van der Waals surface area contributed by atoms with Gasteiger partial charge in [0.25, 0.3) is 0 Å². The van der Waals surface area contributed by atoms with Crippen LogP contribution in [0.4, 0.5) is 28.4 Å². The van der Waals surface area contributed by atoms with Crippen LogP contribution in [0.15, 0.2) is 133 Å². The Morgan fingerprint density at radius 2 is 1.12 bits per heavy atom. The lowest BCUT2D eigenvalue weighted by Gasteiger charge is -2.55. The van der Waals surface area contributed by atoms with E-state index in [0.29, 0.717) is 0 Å². The molecule has 3 aliphatic heterocycles. The molecule has 1 atom stereocenters. The Morgan fingerprint density at radius 3 is 1.71 bits per heavy atom. The molecule has 9 rings (SSSR count). The van der Waals surface area contributed by atoms with E-state index in [4.69, 9.17) is 6.58 Å². The van der Waals surface area contributed by atoms with E-state index >= 15 is 0 Å². The van der Waals surface area contributed by atoms with E-state index in [1.54, 1.807) is 0 Å². The summed E-state index contributed by atoms with van der Waals surface area (Å²) in [5, 5.41) is 0. The predicted octanol–water partition coefficient (Wildman–Crippen LogP) is 12.2. The van der Waals surface area contributed by atoms with Crippen LogP contribution in [0.25, 0.3) is 11.1 Å². The summed E-state index contributed by atoms with van der Waals surface area (Å²) in [6.07, 6.45) is 3.46. The van der Waals surface area contributed by atoms with Crippen LogP contribution in [-0.4, -0.2) is 0 Å². The number of rotatable bonds is 4. The second-order valence-corrected chi connectivity index (χ2v) is 15.3. The highest BCUT2D eigenvalue weighted by molar-refractivity contribution is 5.99. The molecular weight excluding hydrogens is 581 g/mol. The summed E-state index contributed by atoms with van der Waals surface area (Å²) in [4.78, 5) is 5.00. The van der Waals surface area contributed by atoms with Gasteiger partial charge in [0.2, 0.25) is 0 Å². The third-order valence-electron chi connectivity index (χ3n) is 11.6. The molecule has 0 fully saturated rings. The molecule has 1 aliphatic carbocycles. The second kappa shape index (κ2) is 9.97. The first-order valence-electron chi connectivity index (χ1n) is 17.3. The highest BCUT2D eigenvalue weighted by Gasteiger charge is 2.51. The van der Waals surface area contributed by atoms with Gasteiger partial charge in [-0.15, -0.1) is 0 Å². The van der Waals surface area contributed by atoms with Crippen molar-refractivity contribution in [1.29, 1.82) is 0 Å². The zero-order valence-corrected chi connectivity index (χ0v) is 28.9. The molecule has 0 bridgehead atoms. The zero-order valence-electron chi connectivity index (χ0n) is 28.9. The number of para-hydroxylation sites is 2. The molecular formula is C46H42N2. The first-order valence-corrected chi connectivity index (χ1v) is 17.3. The van der Waals surface area contributed by atoms with Crippen molar-refractivity contribution in [2.45, 2.75) is 58.8 Å². The monoisotopic (exact) mass is 622 g/mol. The number of anilines is 5. The predicted molar refractivity (Wildman–Crippen MR) is 203 cm³/mol. The van der Waals surface area contributed by atoms with Crippen molar-refractivity contribution in [1.82, 2.24) is 0 Å². The van der Waals surface area contributed by atoms with Crippen molar-refractivity contribution in [3.8, 4) is 0 Å². The summed E-state index contributed by atoms with van der Waals surface area (Å²) in [6, 6.07) is 40.7. The van der Waals surface area contributed by atoms with Gasteiger partial charge < -0.3 is 9.80 Å². The normalized spacial score (nSPS) is 19.1. The van der Waals surface area contributed by atoms with Crippen molar-refractivity contribution in [2.75, 3.05) is 9.80 Å². The fourth-order valence-electron chi connectivity index (χ4n) is 8.91. The van der Waals surface area contributed by atoms with Crippen LogP contribution in [-0.2, 0) is 10.8 Å². The molecule has 1 unspecified atom stereocenters. The Morgan fingerprint density at radius 1 is 0.625 bits per heavy atom. The molecule has 0 aromatic heterocycles. The van der Waals surface area contributed by atoms with Crippen LogP contribution in [0.3, 0.4) is 0 Å². The van der Waals surface area contributed by atoms with E-state index in [9.17, 15) is 0 Å². The minimum Gasteiger partial charge on any atom is -0.312 e. The van der Waals surface area contributed by atoms with E-state index in [-0.39, 0.29) is 16.7 Å². The molecule has 5 aromatic rings. The Hall–Kier alpha value is -5.08. The van der Waals surface area contributed by atoms with Crippen LogP contribution in [0.5, 0.6) is 0 Å². The van der Waals surface area contributed by atoms with Crippen LogP contribution in [0.1, 0.15) is 73.1 Å². The lowest BCUT2D eigenvalue weighted by molar-refractivity contribution is 0.558. The Labute approximate surface area is 285 Å².